The molecule has 0 amide bonds. The van der Waals surface area contributed by atoms with Crippen LogP contribution in [0.4, 0.5) is 0 Å². The van der Waals surface area contributed by atoms with Gasteiger partial charge in [-0.25, -0.2) is 9.50 Å². The molecule has 1 aliphatic carbocycles. The number of rotatable bonds is 2. The summed E-state index contributed by atoms with van der Waals surface area (Å²) in [6, 6.07) is 0. The summed E-state index contributed by atoms with van der Waals surface area (Å²) in [5.74, 6) is 2.11. The van der Waals surface area contributed by atoms with Gasteiger partial charge in [-0.3, -0.25) is 9.89 Å². The van der Waals surface area contributed by atoms with Crippen molar-refractivity contribution in [3.63, 3.8) is 0 Å². The van der Waals surface area contributed by atoms with Gasteiger partial charge < -0.3 is 0 Å². The fourth-order valence-electron chi connectivity index (χ4n) is 1.96. The van der Waals surface area contributed by atoms with Gasteiger partial charge in [-0.1, -0.05) is 6.42 Å². The van der Waals surface area contributed by atoms with Gasteiger partial charge in [0, 0.05) is 5.92 Å². The van der Waals surface area contributed by atoms with Crippen molar-refractivity contribution in [3.8, 4) is 0 Å². The Morgan fingerprint density at radius 2 is 2.27 bits per heavy atom. The number of nitrogens with one attached hydrogen (secondary N) is 1. The van der Waals surface area contributed by atoms with Crippen molar-refractivity contribution in [1.29, 1.82) is 0 Å². The average molecular weight is 204 g/mol. The molecule has 0 atom stereocenters. The minimum atomic E-state index is 0.534. The highest BCUT2D eigenvalue weighted by molar-refractivity contribution is 5.75. The number of aromatic nitrogens is 4. The third-order valence-electron chi connectivity index (χ3n) is 3.13. The topological polar surface area (TPSA) is 63.1 Å². The van der Waals surface area contributed by atoms with Crippen LogP contribution in [0.1, 0.15) is 47.2 Å². The summed E-state index contributed by atoms with van der Waals surface area (Å²) < 4.78 is 1.68. The highest BCUT2D eigenvalue weighted by Crippen LogP contribution is 2.34. The number of aldehydes is 1. The van der Waals surface area contributed by atoms with E-state index < -0.39 is 0 Å². The standard InChI is InChI=1S/C10H12N4O/c1-6-8(5-15)14-10(11-6)12-9(13-14)7-3-2-4-7/h5,7H,2-4H2,1H3,(H,11,12,13). The highest BCUT2D eigenvalue weighted by atomic mass is 16.1. The Labute approximate surface area is 86.5 Å². The first-order valence-corrected chi connectivity index (χ1v) is 5.19. The summed E-state index contributed by atoms with van der Waals surface area (Å²) in [5.41, 5.74) is 1.30. The van der Waals surface area contributed by atoms with Crippen LogP contribution in [-0.2, 0) is 0 Å². The second-order valence-corrected chi connectivity index (χ2v) is 4.07. The molecule has 0 aromatic carbocycles. The number of nitrogens with zero attached hydrogens (tertiary/aromatic N) is 3. The molecule has 1 N–H and O–H groups in total. The molecule has 3 rings (SSSR count). The van der Waals surface area contributed by atoms with E-state index in [0.29, 0.717) is 17.4 Å². The van der Waals surface area contributed by atoms with Crippen molar-refractivity contribution >= 4 is 12.1 Å². The minimum absolute atomic E-state index is 0.534. The lowest BCUT2D eigenvalue weighted by Crippen LogP contribution is -2.11. The van der Waals surface area contributed by atoms with Crippen LogP contribution in [-0.4, -0.2) is 25.9 Å². The van der Waals surface area contributed by atoms with Crippen molar-refractivity contribution in [3.05, 3.63) is 17.2 Å². The zero-order chi connectivity index (χ0) is 10.4. The monoisotopic (exact) mass is 204 g/mol. The third-order valence-corrected chi connectivity index (χ3v) is 3.13. The van der Waals surface area contributed by atoms with Gasteiger partial charge in [-0.05, 0) is 19.8 Å². The van der Waals surface area contributed by atoms with E-state index in [1.54, 1.807) is 4.52 Å². The first-order chi connectivity index (χ1) is 7.29. The van der Waals surface area contributed by atoms with Crippen LogP contribution in [0.5, 0.6) is 0 Å². The largest absolute Gasteiger partial charge is 0.296 e. The second-order valence-electron chi connectivity index (χ2n) is 4.07. The van der Waals surface area contributed by atoms with Gasteiger partial charge in [0.05, 0.1) is 5.69 Å². The molecule has 2 aromatic heterocycles. The van der Waals surface area contributed by atoms with Gasteiger partial charge in [0.1, 0.15) is 11.5 Å². The Morgan fingerprint density at radius 3 is 2.87 bits per heavy atom. The number of hydrogen-bond donors (Lipinski definition) is 1. The van der Waals surface area contributed by atoms with Gasteiger partial charge >= 0.3 is 0 Å². The van der Waals surface area contributed by atoms with E-state index in [1.165, 1.54) is 19.3 Å². The summed E-state index contributed by atoms with van der Waals surface area (Å²) in [5, 5.41) is 3.15. The molecule has 0 aliphatic heterocycles. The smallest absolute Gasteiger partial charge is 0.251 e. The van der Waals surface area contributed by atoms with Crippen LogP contribution >= 0.6 is 0 Å². The van der Waals surface area contributed by atoms with Gasteiger partial charge in [-0.15, -0.1) is 0 Å². The number of carbonyl (C=O) groups excluding carboxylic acids is 1. The first kappa shape index (κ1) is 8.64. The van der Waals surface area contributed by atoms with Crippen LogP contribution < -0.4 is 0 Å². The van der Waals surface area contributed by atoms with E-state index in [9.17, 15) is 4.79 Å². The minimum Gasteiger partial charge on any atom is -0.296 e. The molecule has 1 fully saturated rings. The maximum absolute atomic E-state index is 10.9. The first-order valence-electron chi connectivity index (χ1n) is 5.19. The van der Waals surface area contributed by atoms with Crippen LogP contribution in [0.25, 0.3) is 5.78 Å². The number of H-pyrrole nitrogens is 1. The quantitative estimate of drug-likeness (QED) is 0.753. The molecule has 2 aromatic rings. The average Bonchev–Trinajstić information content (AvgIpc) is 2.57. The van der Waals surface area contributed by atoms with Crippen LogP contribution in [0.15, 0.2) is 0 Å². The van der Waals surface area contributed by atoms with E-state index >= 15 is 0 Å². The molecular weight excluding hydrogens is 192 g/mol. The highest BCUT2D eigenvalue weighted by Gasteiger charge is 2.24. The molecule has 0 bridgehead atoms. The number of hydrogen-bond acceptors (Lipinski definition) is 3. The number of imidazole rings is 1. The molecular formula is C10H12N4O. The van der Waals surface area contributed by atoms with E-state index in [0.717, 1.165) is 17.8 Å². The lowest BCUT2D eigenvalue weighted by molar-refractivity contribution is 0.111. The number of fused-ring (bicyclic) bond motifs is 1. The molecule has 0 spiro atoms. The molecule has 0 radical (unpaired) electrons. The third kappa shape index (κ3) is 1.12. The fourth-order valence-corrected chi connectivity index (χ4v) is 1.96. The molecule has 5 heteroatoms. The fraction of sp³-hybridized carbons (Fsp3) is 0.500. The van der Waals surface area contributed by atoms with Crippen LogP contribution in [0, 0.1) is 6.92 Å². The number of aryl methyl sites for hydroxylation is 1. The van der Waals surface area contributed by atoms with E-state index in [1.807, 2.05) is 6.92 Å². The predicted molar refractivity (Wildman–Crippen MR) is 54.1 cm³/mol. The van der Waals surface area contributed by atoms with Crippen LogP contribution in [0.3, 0.4) is 0 Å². The number of carbonyl (C=O) groups is 1. The zero-order valence-electron chi connectivity index (χ0n) is 8.53. The van der Waals surface area contributed by atoms with Gasteiger partial charge in [-0.2, -0.15) is 4.98 Å². The van der Waals surface area contributed by atoms with Crippen molar-refractivity contribution in [2.75, 3.05) is 0 Å². The molecule has 1 saturated carbocycles. The molecule has 5 nitrogen and oxygen atoms in total. The van der Waals surface area contributed by atoms with Gasteiger partial charge in [0.15, 0.2) is 6.29 Å². The Bertz CT molecular complexity index is 521. The second kappa shape index (κ2) is 2.92. The summed E-state index contributed by atoms with van der Waals surface area (Å²) in [7, 11) is 0. The van der Waals surface area contributed by atoms with Crippen molar-refractivity contribution in [2.45, 2.75) is 32.1 Å². The summed E-state index contributed by atoms with van der Waals surface area (Å²) in [6.07, 6.45) is 4.46. The van der Waals surface area contributed by atoms with E-state index in [2.05, 4.69) is 15.1 Å². The summed E-state index contributed by atoms with van der Waals surface area (Å²) in [6.45, 7) is 1.81. The number of aromatic amines is 1. The van der Waals surface area contributed by atoms with Crippen molar-refractivity contribution < 1.29 is 4.79 Å². The maximum Gasteiger partial charge on any atom is 0.251 e. The Balaban J connectivity index is 2.14. The molecule has 0 unspecified atom stereocenters. The predicted octanol–water partition coefficient (Wildman–Crippen LogP) is 1.45. The Hall–Kier alpha value is -1.65. The molecule has 2 heterocycles. The van der Waals surface area contributed by atoms with Crippen molar-refractivity contribution in [2.24, 2.45) is 0 Å². The SMILES string of the molecule is Cc1nc2nc(C3CCC3)[nH]n2c1C=O. The van der Waals surface area contributed by atoms with Crippen molar-refractivity contribution in [1.82, 2.24) is 19.6 Å². The normalized spacial score (nSPS) is 16.9. The van der Waals surface area contributed by atoms with Crippen LogP contribution in [0.2, 0.25) is 0 Å². The molecule has 78 valence electrons. The Kier molecular flexibility index (Phi) is 1.68. The summed E-state index contributed by atoms with van der Waals surface area (Å²) >= 11 is 0. The molecule has 1 aliphatic rings. The van der Waals surface area contributed by atoms with Gasteiger partial charge in [0.2, 0.25) is 0 Å². The Morgan fingerprint density at radius 1 is 1.47 bits per heavy atom. The lowest BCUT2D eigenvalue weighted by atomic mass is 9.85. The van der Waals surface area contributed by atoms with E-state index in [4.69, 9.17) is 0 Å². The van der Waals surface area contributed by atoms with Gasteiger partial charge in [0.25, 0.3) is 5.78 Å². The zero-order valence-corrected chi connectivity index (χ0v) is 8.53. The molecule has 0 saturated heterocycles. The summed E-state index contributed by atoms with van der Waals surface area (Å²) in [4.78, 5) is 19.5. The maximum atomic E-state index is 10.9. The van der Waals surface area contributed by atoms with E-state index in [-0.39, 0.29) is 0 Å². The lowest BCUT2D eigenvalue weighted by Gasteiger charge is -2.22. The molecule has 15 heavy (non-hydrogen) atoms.